The van der Waals surface area contributed by atoms with Crippen LogP contribution in [-0.2, 0) is 6.54 Å². The van der Waals surface area contributed by atoms with E-state index in [2.05, 4.69) is 36.3 Å². The average molecular weight is 253 g/mol. The lowest BCUT2D eigenvalue weighted by Gasteiger charge is -2.29. The van der Waals surface area contributed by atoms with Crippen molar-refractivity contribution < 1.29 is 0 Å². The molecule has 0 atom stereocenters. The van der Waals surface area contributed by atoms with Gasteiger partial charge in [-0.15, -0.1) is 0 Å². The molecule has 1 aromatic carbocycles. The Labute approximate surface area is 109 Å². The van der Waals surface area contributed by atoms with E-state index in [0.29, 0.717) is 6.04 Å². The molecule has 1 saturated heterocycles. The fraction of sp³-hybridized carbons (Fsp3) is 0.571. The molecule has 1 aliphatic heterocycles. The summed E-state index contributed by atoms with van der Waals surface area (Å²) in [7, 11) is 2.19. The normalized spacial score (nSPS) is 18.5. The second kappa shape index (κ2) is 5.85. The van der Waals surface area contributed by atoms with Gasteiger partial charge in [0.25, 0.3) is 0 Å². The van der Waals surface area contributed by atoms with Gasteiger partial charge in [0.05, 0.1) is 0 Å². The van der Waals surface area contributed by atoms with Crippen LogP contribution in [0.3, 0.4) is 0 Å². The second-order valence-corrected chi connectivity index (χ2v) is 5.46. The van der Waals surface area contributed by atoms with Crippen LogP contribution in [0.1, 0.15) is 24.0 Å². The third kappa shape index (κ3) is 3.70. The Hall–Kier alpha value is -0.570. The van der Waals surface area contributed by atoms with E-state index in [-0.39, 0.29) is 0 Å². The molecular formula is C14H21ClN2. The van der Waals surface area contributed by atoms with Gasteiger partial charge in [0.1, 0.15) is 0 Å². The van der Waals surface area contributed by atoms with Crippen molar-refractivity contribution in [2.75, 3.05) is 20.1 Å². The molecule has 0 amide bonds. The number of hydrogen-bond donors (Lipinski definition) is 1. The van der Waals surface area contributed by atoms with Crippen molar-refractivity contribution in [2.24, 2.45) is 0 Å². The predicted molar refractivity (Wildman–Crippen MR) is 73.5 cm³/mol. The van der Waals surface area contributed by atoms with E-state index in [4.69, 9.17) is 11.6 Å². The summed E-state index contributed by atoms with van der Waals surface area (Å²) in [5.41, 5.74) is 2.43. The number of nitrogens with zero attached hydrogens (tertiary/aromatic N) is 1. The summed E-state index contributed by atoms with van der Waals surface area (Å²) in [4.78, 5) is 2.39. The van der Waals surface area contributed by atoms with Crippen molar-refractivity contribution in [1.82, 2.24) is 10.2 Å². The van der Waals surface area contributed by atoms with Crippen molar-refractivity contribution in [2.45, 2.75) is 32.4 Å². The number of halogens is 1. The molecule has 0 aromatic heterocycles. The van der Waals surface area contributed by atoms with E-state index in [1.165, 1.54) is 37.1 Å². The third-order valence-electron chi connectivity index (χ3n) is 3.51. The molecule has 0 bridgehead atoms. The minimum absolute atomic E-state index is 0.642. The standard InChI is InChI=1S/C14H21ClN2/c1-11-3-4-12(14(15)9-11)10-16-13-5-7-17(2)8-6-13/h3-4,9,13,16H,5-8,10H2,1-2H3. The summed E-state index contributed by atoms with van der Waals surface area (Å²) >= 11 is 6.22. The molecule has 0 aliphatic carbocycles. The number of aryl methyl sites for hydroxylation is 1. The second-order valence-electron chi connectivity index (χ2n) is 5.05. The van der Waals surface area contributed by atoms with Crippen LogP contribution in [0.2, 0.25) is 5.02 Å². The van der Waals surface area contributed by atoms with Crippen LogP contribution in [0.25, 0.3) is 0 Å². The number of hydrogen-bond acceptors (Lipinski definition) is 2. The van der Waals surface area contributed by atoms with Gasteiger partial charge in [0, 0.05) is 17.6 Å². The van der Waals surface area contributed by atoms with E-state index in [0.717, 1.165) is 11.6 Å². The number of nitrogens with one attached hydrogen (secondary N) is 1. The Morgan fingerprint density at radius 1 is 1.35 bits per heavy atom. The van der Waals surface area contributed by atoms with Gasteiger partial charge in [-0.25, -0.2) is 0 Å². The molecule has 1 fully saturated rings. The van der Waals surface area contributed by atoms with E-state index < -0.39 is 0 Å². The molecule has 2 nitrogen and oxygen atoms in total. The van der Waals surface area contributed by atoms with Crippen molar-refractivity contribution in [3.05, 3.63) is 34.3 Å². The van der Waals surface area contributed by atoms with E-state index in [1.54, 1.807) is 0 Å². The molecule has 0 radical (unpaired) electrons. The Morgan fingerprint density at radius 3 is 2.71 bits per heavy atom. The highest BCUT2D eigenvalue weighted by Crippen LogP contribution is 2.18. The minimum atomic E-state index is 0.642. The first-order valence-electron chi connectivity index (χ1n) is 6.32. The highest BCUT2D eigenvalue weighted by molar-refractivity contribution is 6.31. The predicted octanol–water partition coefficient (Wildman–Crippen LogP) is 2.83. The first-order chi connectivity index (χ1) is 8.15. The van der Waals surface area contributed by atoms with Crippen LogP contribution in [0.15, 0.2) is 18.2 Å². The average Bonchev–Trinajstić information content (AvgIpc) is 2.30. The Bertz CT molecular complexity index is 370. The SMILES string of the molecule is Cc1ccc(CNC2CCN(C)CC2)c(Cl)c1. The van der Waals surface area contributed by atoms with Crippen LogP contribution in [0.4, 0.5) is 0 Å². The van der Waals surface area contributed by atoms with Gasteiger partial charge in [0.2, 0.25) is 0 Å². The highest BCUT2D eigenvalue weighted by Gasteiger charge is 2.15. The van der Waals surface area contributed by atoms with E-state index in [9.17, 15) is 0 Å². The van der Waals surface area contributed by atoms with Gasteiger partial charge >= 0.3 is 0 Å². The zero-order chi connectivity index (χ0) is 12.3. The topological polar surface area (TPSA) is 15.3 Å². The lowest BCUT2D eigenvalue weighted by molar-refractivity contribution is 0.234. The zero-order valence-electron chi connectivity index (χ0n) is 10.7. The van der Waals surface area contributed by atoms with Crippen LogP contribution < -0.4 is 5.32 Å². The summed E-state index contributed by atoms with van der Waals surface area (Å²) in [6, 6.07) is 6.92. The smallest absolute Gasteiger partial charge is 0.0453 e. The number of piperidine rings is 1. The molecule has 17 heavy (non-hydrogen) atoms. The zero-order valence-corrected chi connectivity index (χ0v) is 11.4. The Balaban J connectivity index is 1.85. The first kappa shape index (κ1) is 12.9. The largest absolute Gasteiger partial charge is 0.310 e. The summed E-state index contributed by atoms with van der Waals surface area (Å²) in [5, 5.41) is 4.49. The highest BCUT2D eigenvalue weighted by atomic mass is 35.5. The summed E-state index contributed by atoms with van der Waals surface area (Å²) in [5.74, 6) is 0. The van der Waals surface area contributed by atoms with Crippen molar-refractivity contribution in [1.29, 1.82) is 0 Å². The van der Waals surface area contributed by atoms with Crippen LogP contribution in [0.5, 0.6) is 0 Å². The van der Waals surface area contributed by atoms with Crippen LogP contribution in [-0.4, -0.2) is 31.1 Å². The molecular weight excluding hydrogens is 232 g/mol. The number of likely N-dealkylation sites (tertiary alicyclic amines) is 1. The Morgan fingerprint density at radius 2 is 2.06 bits per heavy atom. The number of benzene rings is 1. The number of rotatable bonds is 3. The molecule has 2 rings (SSSR count). The molecule has 1 aromatic rings. The minimum Gasteiger partial charge on any atom is -0.310 e. The molecule has 0 saturated carbocycles. The lowest BCUT2D eigenvalue weighted by atomic mass is 10.0. The molecule has 0 unspecified atom stereocenters. The van der Waals surface area contributed by atoms with Crippen LogP contribution in [0, 0.1) is 6.92 Å². The van der Waals surface area contributed by atoms with Gasteiger partial charge in [-0.3, -0.25) is 0 Å². The first-order valence-corrected chi connectivity index (χ1v) is 6.70. The van der Waals surface area contributed by atoms with Gasteiger partial charge in [-0.1, -0.05) is 23.7 Å². The molecule has 0 spiro atoms. The van der Waals surface area contributed by atoms with E-state index >= 15 is 0 Å². The van der Waals surface area contributed by atoms with Gasteiger partial charge in [-0.05, 0) is 57.1 Å². The van der Waals surface area contributed by atoms with Crippen molar-refractivity contribution in [3.8, 4) is 0 Å². The van der Waals surface area contributed by atoms with Gasteiger partial charge in [0.15, 0.2) is 0 Å². The van der Waals surface area contributed by atoms with E-state index in [1.807, 2.05) is 6.07 Å². The maximum Gasteiger partial charge on any atom is 0.0453 e. The summed E-state index contributed by atoms with van der Waals surface area (Å²) in [6.45, 7) is 5.34. The summed E-state index contributed by atoms with van der Waals surface area (Å²) in [6.07, 6.45) is 2.47. The monoisotopic (exact) mass is 252 g/mol. The Kier molecular flexibility index (Phi) is 4.43. The van der Waals surface area contributed by atoms with Crippen molar-refractivity contribution >= 4 is 11.6 Å². The van der Waals surface area contributed by atoms with Crippen LogP contribution >= 0.6 is 11.6 Å². The van der Waals surface area contributed by atoms with Gasteiger partial charge < -0.3 is 10.2 Å². The molecule has 1 aliphatic rings. The third-order valence-corrected chi connectivity index (χ3v) is 3.86. The maximum absolute atomic E-state index is 6.22. The quantitative estimate of drug-likeness (QED) is 0.890. The van der Waals surface area contributed by atoms with Gasteiger partial charge in [-0.2, -0.15) is 0 Å². The fourth-order valence-corrected chi connectivity index (χ4v) is 2.56. The van der Waals surface area contributed by atoms with Crippen molar-refractivity contribution in [3.63, 3.8) is 0 Å². The molecule has 94 valence electrons. The fourth-order valence-electron chi connectivity index (χ4n) is 2.26. The lowest BCUT2D eigenvalue weighted by Crippen LogP contribution is -2.40. The molecule has 1 N–H and O–H groups in total. The molecule has 3 heteroatoms. The maximum atomic E-state index is 6.22. The summed E-state index contributed by atoms with van der Waals surface area (Å²) < 4.78 is 0. The molecule has 1 heterocycles.